The topological polar surface area (TPSA) is 96.5 Å². The number of hydrogen-bond acceptors (Lipinski definition) is 8. The molecule has 0 amide bonds. The molecule has 3 aromatic rings. The van der Waals surface area contributed by atoms with Crippen LogP contribution < -0.4 is 15.0 Å². The van der Waals surface area contributed by atoms with Crippen molar-refractivity contribution in [2.24, 2.45) is 0 Å². The molecule has 0 N–H and O–H groups in total. The molecule has 31 heavy (non-hydrogen) atoms. The third-order valence-corrected chi connectivity index (χ3v) is 6.92. The van der Waals surface area contributed by atoms with Gasteiger partial charge in [0.15, 0.2) is 16.7 Å². The fourth-order valence-corrected chi connectivity index (χ4v) is 5.25. The molecule has 0 fully saturated rings. The van der Waals surface area contributed by atoms with E-state index in [9.17, 15) is 14.9 Å². The number of aryl methyl sites for hydroxylation is 1. The molecule has 0 aliphatic carbocycles. The van der Waals surface area contributed by atoms with Crippen molar-refractivity contribution in [2.45, 2.75) is 22.2 Å². The maximum Gasteiger partial charge on any atom is 0.272 e. The quantitative estimate of drug-likeness (QED) is 0.226. The second-order valence-corrected chi connectivity index (χ2v) is 8.71. The van der Waals surface area contributed by atoms with Crippen molar-refractivity contribution < 1.29 is 14.4 Å². The molecule has 8 nitrogen and oxygen atoms in total. The molecule has 0 saturated carbocycles. The monoisotopic (exact) mass is 457 g/mol. The molecule has 0 atom stereocenters. The highest BCUT2D eigenvalue weighted by molar-refractivity contribution is 7.99. The van der Waals surface area contributed by atoms with Gasteiger partial charge in [0.25, 0.3) is 11.2 Å². The second-order valence-electron chi connectivity index (χ2n) is 6.66. The summed E-state index contributed by atoms with van der Waals surface area (Å²) < 4.78 is 12.3. The Labute approximate surface area is 186 Å². The molecule has 2 aromatic carbocycles. The number of hydrogen-bond donors (Lipinski definition) is 0. The zero-order chi connectivity index (χ0) is 22.0. The number of methoxy groups -OCH3 is 2. The highest BCUT2D eigenvalue weighted by Gasteiger charge is 2.23. The number of fused-ring (bicyclic) bond motifs is 1. The summed E-state index contributed by atoms with van der Waals surface area (Å²) in [6.45, 7) is 0. The van der Waals surface area contributed by atoms with Crippen LogP contribution in [0.1, 0.15) is 11.3 Å². The second kappa shape index (κ2) is 9.03. The maximum atomic E-state index is 13.3. The van der Waals surface area contributed by atoms with E-state index in [1.54, 1.807) is 49.1 Å². The van der Waals surface area contributed by atoms with Gasteiger partial charge in [0.05, 0.1) is 35.4 Å². The van der Waals surface area contributed by atoms with Gasteiger partial charge in [-0.05, 0) is 17.7 Å². The number of aromatic nitrogens is 2. The van der Waals surface area contributed by atoms with Gasteiger partial charge in [-0.3, -0.25) is 19.5 Å². The number of rotatable bonds is 7. The minimum Gasteiger partial charge on any atom is -0.493 e. The predicted molar refractivity (Wildman–Crippen MR) is 120 cm³/mol. The van der Waals surface area contributed by atoms with Gasteiger partial charge in [-0.15, -0.1) is 11.8 Å². The van der Waals surface area contributed by atoms with Crippen LogP contribution in [0.25, 0.3) is 5.69 Å². The third kappa shape index (κ3) is 4.26. The van der Waals surface area contributed by atoms with Gasteiger partial charge in [-0.2, -0.15) is 0 Å². The zero-order valence-electron chi connectivity index (χ0n) is 16.9. The predicted octanol–water partition coefficient (Wildman–Crippen LogP) is 4.10. The van der Waals surface area contributed by atoms with Crippen molar-refractivity contribution in [1.29, 1.82) is 0 Å². The van der Waals surface area contributed by atoms with Crippen LogP contribution in [0.2, 0.25) is 0 Å². The van der Waals surface area contributed by atoms with Gasteiger partial charge in [-0.1, -0.05) is 23.9 Å². The van der Waals surface area contributed by atoms with Crippen LogP contribution >= 0.6 is 23.5 Å². The molecular weight excluding hydrogens is 438 g/mol. The molecule has 0 bridgehead atoms. The Morgan fingerprint density at radius 1 is 1.16 bits per heavy atom. The van der Waals surface area contributed by atoms with E-state index in [1.807, 2.05) is 0 Å². The first-order chi connectivity index (χ1) is 15.0. The van der Waals surface area contributed by atoms with E-state index in [4.69, 9.17) is 14.5 Å². The van der Waals surface area contributed by atoms with Gasteiger partial charge in [0, 0.05) is 36.1 Å². The first kappa shape index (κ1) is 21.3. The average Bonchev–Trinajstić information content (AvgIpc) is 3.26. The first-order valence-electron chi connectivity index (χ1n) is 9.39. The molecule has 1 aliphatic rings. The van der Waals surface area contributed by atoms with Crippen LogP contribution in [0.5, 0.6) is 11.5 Å². The summed E-state index contributed by atoms with van der Waals surface area (Å²) in [4.78, 5) is 29.2. The molecule has 0 unspecified atom stereocenters. The van der Waals surface area contributed by atoms with Crippen LogP contribution in [-0.4, -0.2) is 34.4 Å². The van der Waals surface area contributed by atoms with Crippen LogP contribution in [-0.2, 0) is 12.2 Å². The Kier molecular flexibility index (Phi) is 6.19. The van der Waals surface area contributed by atoms with E-state index in [0.717, 1.165) is 23.4 Å². The third-order valence-electron chi connectivity index (χ3n) is 4.81. The van der Waals surface area contributed by atoms with Crippen molar-refractivity contribution in [1.82, 2.24) is 9.55 Å². The first-order valence-corrected chi connectivity index (χ1v) is 11.4. The number of ether oxygens (including phenoxy) is 2. The van der Waals surface area contributed by atoms with Crippen LogP contribution in [0.4, 0.5) is 5.69 Å². The minimum atomic E-state index is -0.425. The van der Waals surface area contributed by atoms with Crippen molar-refractivity contribution in [3.05, 3.63) is 74.2 Å². The summed E-state index contributed by atoms with van der Waals surface area (Å²) in [7, 11) is 3.11. The Hall–Kier alpha value is -2.98. The molecule has 2 heterocycles. The molecule has 0 spiro atoms. The van der Waals surface area contributed by atoms with Crippen LogP contribution in [0.15, 0.2) is 57.3 Å². The number of thioether (sulfide) groups is 2. The molecule has 4 rings (SSSR count). The smallest absolute Gasteiger partial charge is 0.272 e. The normalized spacial score (nSPS) is 12.5. The Morgan fingerprint density at radius 3 is 2.58 bits per heavy atom. The van der Waals surface area contributed by atoms with Gasteiger partial charge >= 0.3 is 0 Å². The molecule has 1 aliphatic heterocycles. The Morgan fingerprint density at radius 2 is 1.90 bits per heavy atom. The lowest BCUT2D eigenvalue weighted by Gasteiger charge is -2.15. The molecule has 1 aromatic heterocycles. The molecule has 10 heteroatoms. The van der Waals surface area contributed by atoms with Crippen molar-refractivity contribution in [3.63, 3.8) is 0 Å². The van der Waals surface area contributed by atoms with Gasteiger partial charge < -0.3 is 9.47 Å². The van der Waals surface area contributed by atoms with E-state index in [1.165, 1.54) is 35.7 Å². The van der Waals surface area contributed by atoms with Crippen LogP contribution in [0.3, 0.4) is 0 Å². The zero-order valence-corrected chi connectivity index (χ0v) is 18.5. The number of non-ortho nitro benzene ring substituents is 1. The van der Waals surface area contributed by atoms with E-state index >= 15 is 0 Å². The lowest BCUT2D eigenvalue weighted by molar-refractivity contribution is -0.384. The summed E-state index contributed by atoms with van der Waals surface area (Å²) >= 11 is 2.94. The summed E-state index contributed by atoms with van der Waals surface area (Å²) in [5, 5.41) is 11.4. The van der Waals surface area contributed by atoms with Crippen molar-refractivity contribution >= 4 is 29.2 Å². The van der Waals surface area contributed by atoms with Gasteiger partial charge in [0.2, 0.25) is 0 Å². The largest absolute Gasteiger partial charge is 0.493 e. The number of benzene rings is 2. The maximum absolute atomic E-state index is 13.3. The highest BCUT2D eigenvalue weighted by atomic mass is 32.2. The number of nitro benzene ring substituents is 1. The lowest BCUT2D eigenvalue weighted by Crippen LogP contribution is -2.23. The summed E-state index contributed by atoms with van der Waals surface area (Å²) in [6, 6.07) is 11.7. The van der Waals surface area contributed by atoms with Gasteiger partial charge in [0.1, 0.15) is 0 Å². The molecule has 0 radical (unpaired) electrons. The lowest BCUT2D eigenvalue weighted by atomic mass is 10.2. The van der Waals surface area contributed by atoms with Crippen molar-refractivity contribution in [3.8, 4) is 17.2 Å². The average molecular weight is 458 g/mol. The molecule has 0 saturated heterocycles. The number of nitrogens with zero attached hydrogens (tertiary/aromatic N) is 3. The fraction of sp³-hybridized carbons (Fsp3) is 0.238. The highest BCUT2D eigenvalue weighted by Crippen LogP contribution is 2.34. The van der Waals surface area contributed by atoms with Crippen LogP contribution in [0, 0.1) is 10.1 Å². The van der Waals surface area contributed by atoms with Crippen molar-refractivity contribution in [2.75, 3.05) is 20.0 Å². The molecule has 160 valence electrons. The van der Waals surface area contributed by atoms with Gasteiger partial charge in [-0.25, -0.2) is 4.98 Å². The standard InChI is InChI=1S/C21H19N3O5S2/c1-28-17-8-7-15(11-18(17)29-2)23-20(25)19-16(9-10-30-19)22-21(23)31-12-13-3-5-14(6-4-13)24(26)27/h3-8,11H,9-10,12H2,1-2H3. The van der Waals surface area contributed by atoms with E-state index in [2.05, 4.69) is 0 Å². The molecular formula is C21H19N3O5S2. The summed E-state index contributed by atoms with van der Waals surface area (Å²) in [5.74, 6) is 2.44. The fourth-order valence-electron chi connectivity index (χ4n) is 3.24. The summed E-state index contributed by atoms with van der Waals surface area (Å²) in [5.41, 5.74) is 2.29. The van der Waals surface area contributed by atoms with E-state index < -0.39 is 4.92 Å². The van der Waals surface area contributed by atoms with E-state index in [0.29, 0.717) is 33.0 Å². The minimum absolute atomic E-state index is 0.0451. The Balaban J connectivity index is 1.73. The Bertz CT molecular complexity index is 1190. The van der Waals surface area contributed by atoms with E-state index in [-0.39, 0.29) is 11.2 Å². The number of nitro groups is 1. The summed E-state index contributed by atoms with van der Waals surface area (Å²) in [6.07, 6.45) is 0.757. The SMILES string of the molecule is COc1ccc(-n2c(SCc3ccc([N+](=O)[O-])cc3)nc3c(c2=O)SCC3)cc1OC.